The van der Waals surface area contributed by atoms with Crippen LogP contribution in [-0.4, -0.2) is 27.5 Å². The number of benzene rings is 3. The Labute approximate surface area is 245 Å². The first-order valence-corrected chi connectivity index (χ1v) is 15.7. The molecule has 0 saturated carbocycles. The maximum absolute atomic E-state index is 12.2. The highest BCUT2D eigenvalue weighted by Gasteiger charge is 2.19. The average Bonchev–Trinajstić information content (AvgIpc) is 2.86. The molecule has 214 valence electrons. The molecule has 1 amide bonds. The molecule has 1 unspecified atom stereocenters. The van der Waals surface area contributed by atoms with Crippen molar-refractivity contribution in [3.05, 3.63) is 101 Å². The van der Waals surface area contributed by atoms with Gasteiger partial charge in [-0.15, -0.1) is 0 Å². The molecule has 3 aromatic carbocycles. The predicted molar refractivity (Wildman–Crippen MR) is 160 cm³/mol. The number of nitrogens with one attached hydrogen (secondary N) is 1. The van der Waals surface area contributed by atoms with Gasteiger partial charge in [0.05, 0.1) is 6.04 Å². The van der Waals surface area contributed by atoms with E-state index >= 15 is 0 Å². The van der Waals surface area contributed by atoms with Crippen LogP contribution < -0.4 is 10.1 Å². The van der Waals surface area contributed by atoms with Gasteiger partial charge in [0.15, 0.2) is 0 Å². The third-order valence-electron chi connectivity index (χ3n) is 5.49. The molecule has 3 aromatic rings. The first-order chi connectivity index (χ1) is 18.9. The summed E-state index contributed by atoms with van der Waals surface area (Å²) in [6.45, 7) is 5.73. The topological polar surface area (TPSA) is 105 Å². The van der Waals surface area contributed by atoms with Gasteiger partial charge in [-0.1, -0.05) is 71.9 Å². The molecule has 0 heterocycles. The van der Waals surface area contributed by atoms with Crippen LogP contribution in [0.4, 0.5) is 4.79 Å². The van der Waals surface area contributed by atoms with Crippen molar-refractivity contribution < 1.29 is 28.6 Å². The Balaban J connectivity index is 1.56. The minimum atomic E-state index is -4.36. The average molecular weight is 604 g/mol. The number of aryl methyl sites for hydroxylation is 1. The zero-order valence-corrected chi connectivity index (χ0v) is 25.2. The molecule has 10 heteroatoms. The largest absolute Gasteiger partial charge is 0.489 e. The Hall–Kier alpha value is -2.74. The number of amides is 1. The Morgan fingerprint density at radius 1 is 1.05 bits per heavy atom. The SMILES string of the molecule is CC(C)(C)OC(=O)NC(C=CP(=O)(O)O)CCCc1ccc(Sc2cccc(OCc3ccccc3)c2)cc1Cl. The number of alkyl carbamates (subject to hydrolysis) is 1. The van der Waals surface area contributed by atoms with Crippen LogP contribution in [0.3, 0.4) is 0 Å². The number of rotatable bonds is 12. The number of hydrogen-bond donors (Lipinski definition) is 3. The van der Waals surface area contributed by atoms with Crippen molar-refractivity contribution in [2.24, 2.45) is 0 Å². The van der Waals surface area contributed by atoms with Gasteiger partial charge in [-0.2, -0.15) is 0 Å². The summed E-state index contributed by atoms with van der Waals surface area (Å²) in [6.07, 6.45) is 2.35. The predicted octanol–water partition coefficient (Wildman–Crippen LogP) is 7.98. The second kappa shape index (κ2) is 14.8. The molecule has 0 spiro atoms. The minimum Gasteiger partial charge on any atom is -0.489 e. The molecule has 3 N–H and O–H groups in total. The van der Waals surface area contributed by atoms with Crippen molar-refractivity contribution in [3.8, 4) is 5.75 Å². The van der Waals surface area contributed by atoms with E-state index in [2.05, 4.69) is 5.32 Å². The second-order valence-corrected chi connectivity index (χ2v) is 13.2. The summed E-state index contributed by atoms with van der Waals surface area (Å²) >= 11 is 8.18. The first-order valence-electron chi connectivity index (χ1n) is 12.8. The molecule has 0 aliphatic rings. The van der Waals surface area contributed by atoms with Gasteiger partial charge in [-0.3, -0.25) is 4.57 Å². The first kappa shape index (κ1) is 31.8. The van der Waals surface area contributed by atoms with Crippen LogP contribution in [-0.2, 0) is 22.3 Å². The van der Waals surface area contributed by atoms with E-state index in [1.807, 2.05) is 72.8 Å². The summed E-state index contributed by atoms with van der Waals surface area (Å²) in [5.41, 5.74) is 1.36. The van der Waals surface area contributed by atoms with E-state index in [9.17, 15) is 19.1 Å². The van der Waals surface area contributed by atoms with E-state index in [1.165, 1.54) is 6.08 Å². The lowest BCUT2D eigenvalue weighted by Crippen LogP contribution is -2.38. The van der Waals surface area contributed by atoms with Crippen molar-refractivity contribution >= 4 is 37.1 Å². The van der Waals surface area contributed by atoms with Crippen LogP contribution in [0, 0.1) is 0 Å². The molecular weight excluding hydrogens is 569 g/mol. The summed E-state index contributed by atoms with van der Waals surface area (Å²) < 4.78 is 22.5. The normalized spacial score (nSPS) is 12.8. The lowest BCUT2D eigenvalue weighted by molar-refractivity contribution is 0.0512. The Morgan fingerprint density at radius 2 is 1.77 bits per heavy atom. The molecule has 3 rings (SSSR count). The molecule has 0 aromatic heterocycles. The van der Waals surface area contributed by atoms with Crippen LogP contribution in [0.25, 0.3) is 0 Å². The number of hydrogen-bond acceptors (Lipinski definition) is 5. The lowest BCUT2D eigenvalue weighted by atomic mass is 10.0. The molecule has 7 nitrogen and oxygen atoms in total. The van der Waals surface area contributed by atoms with Crippen molar-refractivity contribution in [1.29, 1.82) is 0 Å². The van der Waals surface area contributed by atoms with Crippen molar-refractivity contribution in [2.45, 2.75) is 68.1 Å². The fourth-order valence-electron chi connectivity index (χ4n) is 3.70. The number of carbonyl (C=O) groups excluding carboxylic acids is 1. The summed E-state index contributed by atoms with van der Waals surface area (Å²) in [4.78, 5) is 32.6. The molecule has 0 saturated heterocycles. The monoisotopic (exact) mass is 603 g/mol. The van der Waals surface area contributed by atoms with Gasteiger partial charge >= 0.3 is 13.7 Å². The smallest absolute Gasteiger partial charge is 0.408 e. The summed E-state index contributed by atoms with van der Waals surface area (Å²) in [5, 5.41) is 3.30. The molecule has 0 aliphatic carbocycles. The van der Waals surface area contributed by atoms with Crippen LogP contribution in [0.2, 0.25) is 5.02 Å². The van der Waals surface area contributed by atoms with E-state index in [-0.39, 0.29) is 0 Å². The van der Waals surface area contributed by atoms with E-state index in [4.69, 9.17) is 21.1 Å². The van der Waals surface area contributed by atoms with Gasteiger partial charge in [0.2, 0.25) is 0 Å². The zero-order chi connectivity index (χ0) is 29.2. The zero-order valence-electron chi connectivity index (χ0n) is 22.7. The number of carbonyl (C=O) groups is 1. The van der Waals surface area contributed by atoms with Gasteiger partial charge in [0.25, 0.3) is 0 Å². The summed E-state index contributed by atoms with van der Waals surface area (Å²) in [5.74, 6) is 1.59. The highest BCUT2D eigenvalue weighted by atomic mass is 35.5. The Kier molecular flexibility index (Phi) is 11.7. The van der Waals surface area contributed by atoms with Crippen LogP contribution >= 0.6 is 31.0 Å². The molecule has 0 bridgehead atoms. The molecule has 40 heavy (non-hydrogen) atoms. The van der Waals surface area contributed by atoms with Crippen molar-refractivity contribution in [3.63, 3.8) is 0 Å². The van der Waals surface area contributed by atoms with E-state index in [0.717, 1.165) is 32.5 Å². The van der Waals surface area contributed by atoms with Crippen LogP contribution in [0.15, 0.2) is 94.5 Å². The van der Waals surface area contributed by atoms with E-state index in [1.54, 1.807) is 32.5 Å². The molecule has 0 fully saturated rings. The van der Waals surface area contributed by atoms with Crippen molar-refractivity contribution in [2.75, 3.05) is 0 Å². The Morgan fingerprint density at radius 3 is 2.45 bits per heavy atom. The van der Waals surface area contributed by atoms with Gasteiger partial charge in [-0.25, -0.2) is 4.79 Å². The second-order valence-electron chi connectivity index (χ2n) is 10.2. The molecular formula is C30H35ClNO6PS. The third kappa shape index (κ3) is 12.2. The van der Waals surface area contributed by atoms with Gasteiger partial charge in [-0.05, 0) is 81.5 Å². The number of ether oxygens (including phenoxy) is 2. The summed E-state index contributed by atoms with van der Waals surface area (Å²) in [7, 11) is -4.36. The standard InChI is InChI=1S/C30H35ClNO6PS/c1-30(2,3)38-29(33)32-24(17-18-39(34,35)36)12-7-11-23-15-16-27(20-28(23)31)40-26-14-8-13-25(19-26)37-21-22-9-5-4-6-10-22/h4-6,8-10,13-20,24H,7,11-12,21H2,1-3H3,(H,32,33)(H2,34,35,36). The molecule has 0 radical (unpaired) electrons. The highest BCUT2D eigenvalue weighted by molar-refractivity contribution is 7.99. The third-order valence-corrected chi connectivity index (χ3v) is 7.38. The fourth-order valence-corrected chi connectivity index (χ4v) is 5.38. The maximum atomic E-state index is 12.2. The lowest BCUT2D eigenvalue weighted by Gasteiger charge is -2.22. The van der Waals surface area contributed by atoms with Crippen LogP contribution in [0.1, 0.15) is 44.7 Å². The molecule has 1 atom stereocenters. The minimum absolute atomic E-state index is 0.443. The van der Waals surface area contributed by atoms with Crippen LogP contribution in [0.5, 0.6) is 5.75 Å². The summed E-state index contributed by atoms with van der Waals surface area (Å²) in [6, 6.07) is 23.2. The van der Waals surface area contributed by atoms with Gasteiger partial charge in [0, 0.05) is 20.6 Å². The van der Waals surface area contributed by atoms with Gasteiger partial charge < -0.3 is 24.6 Å². The van der Waals surface area contributed by atoms with E-state index < -0.39 is 25.3 Å². The molecule has 0 aliphatic heterocycles. The van der Waals surface area contributed by atoms with Crippen molar-refractivity contribution in [1.82, 2.24) is 5.32 Å². The number of halogens is 1. The van der Waals surface area contributed by atoms with E-state index in [0.29, 0.717) is 30.9 Å². The highest BCUT2D eigenvalue weighted by Crippen LogP contribution is 2.36. The quantitative estimate of drug-likeness (QED) is 0.180. The maximum Gasteiger partial charge on any atom is 0.408 e. The fraction of sp³-hybridized carbons (Fsp3) is 0.300. The Bertz CT molecular complexity index is 1340. The van der Waals surface area contributed by atoms with Gasteiger partial charge in [0.1, 0.15) is 18.0 Å².